The molecule has 1 fully saturated rings. The maximum atomic E-state index is 12.1. The summed E-state index contributed by atoms with van der Waals surface area (Å²) in [5.41, 5.74) is 1.24. The van der Waals surface area contributed by atoms with Crippen molar-refractivity contribution in [3.05, 3.63) is 48.3 Å². The van der Waals surface area contributed by atoms with E-state index in [0.717, 1.165) is 5.69 Å². The van der Waals surface area contributed by atoms with E-state index in [0.29, 0.717) is 18.7 Å². The summed E-state index contributed by atoms with van der Waals surface area (Å²) in [6.45, 7) is 0.546. The second-order valence-corrected chi connectivity index (χ2v) is 5.13. The largest absolute Gasteiger partial charge is 0.346 e. The molecule has 6 heteroatoms. The molecule has 0 radical (unpaired) electrons. The zero-order valence-electron chi connectivity index (χ0n) is 11.7. The molecule has 1 saturated heterocycles. The van der Waals surface area contributed by atoms with Gasteiger partial charge in [-0.05, 0) is 18.2 Å². The number of amides is 2. The number of hydrogen-bond acceptors (Lipinski definition) is 3. The van der Waals surface area contributed by atoms with Crippen LogP contribution in [0.25, 0.3) is 5.69 Å². The Morgan fingerprint density at radius 1 is 1.29 bits per heavy atom. The fraction of sp³-hybridized carbons (Fsp3) is 0.267. The van der Waals surface area contributed by atoms with Gasteiger partial charge >= 0.3 is 0 Å². The highest BCUT2D eigenvalue weighted by Crippen LogP contribution is 2.10. The summed E-state index contributed by atoms with van der Waals surface area (Å²) >= 11 is 0. The molecule has 1 N–H and O–H groups in total. The van der Waals surface area contributed by atoms with E-state index in [2.05, 4.69) is 10.4 Å². The summed E-state index contributed by atoms with van der Waals surface area (Å²) in [5, 5.41) is 7.11. The SMILES string of the molecule is CN1C[C@@H](NC(=O)c2ccn(-c3ccccc3)n2)CC1=O. The number of carbonyl (C=O) groups is 2. The molecule has 0 spiro atoms. The molecule has 1 atom stereocenters. The van der Waals surface area contributed by atoms with E-state index < -0.39 is 0 Å². The van der Waals surface area contributed by atoms with Gasteiger partial charge in [0.15, 0.2) is 5.69 Å². The number of benzene rings is 1. The predicted octanol–water partition coefficient (Wildman–Crippen LogP) is 0.833. The van der Waals surface area contributed by atoms with E-state index in [1.54, 1.807) is 28.9 Å². The molecule has 2 aromatic rings. The Morgan fingerprint density at radius 2 is 2.05 bits per heavy atom. The predicted molar refractivity (Wildman–Crippen MR) is 77.1 cm³/mol. The summed E-state index contributed by atoms with van der Waals surface area (Å²) < 4.78 is 1.65. The van der Waals surface area contributed by atoms with Crippen molar-refractivity contribution in [3.8, 4) is 5.69 Å². The number of aromatic nitrogens is 2. The Morgan fingerprint density at radius 3 is 2.71 bits per heavy atom. The molecular formula is C15H16N4O2. The van der Waals surface area contributed by atoms with Crippen LogP contribution in [-0.4, -0.2) is 46.1 Å². The summed E-state index contributed by atoms with van der Waals surface area (Å²) in [4.78, 5) is 25.2. The first-order chi connectivity index (χ1) is 10.1. The average Bonchev–Trinajstić information content (AvgIpc) is 3.08. The van der Waals surface area contributed by atoms with Crippen LogP contribution in [0.1, 0.15) is 16.9 Å². The van der Waals surface area contributed by atoms with Gasteiger partial charge in [0.1, 0.15) is 0 Å². The molecule has 1 aliphatic heterocycles. The van der Waals surface area contributed by atoms with E-state index in [1.165, 1.54) is 0 Å². The summed E-state index contributed by atoms with van der Waals surface area (Å²) in [5.74, 6) is -0.201. The number of nitrogens with one attached hydrogen (secondary N) is 1. The molecule has 0 aliphatic carbocycles. The number of rotatable bonds is 3. The van der Waals surface area contributed by atoms with Gasteiger partial charge in [0.05, 0.1) is 11.7 Å². The van der Waals surface area contributed by atoms with Crippen molar-refractivity contribution < 1.29 is 9.59 Å². The standard InChI is InChI=1S/C15H16N4O2/c1-18-10-11(9-14(18)20)16-15(21)13-7-8-19(17-13)12-5-3-2-4-6-12/h2-8,11H,9-10H2,1H3,(H,16,21)/t11-/m0/s1. The maximum absolute atomic E-state index is 12.1. The highest BCUT2D eigenvalue weighted by Gasteiger charge is 2.28. The maximum Gasteiger partial charge on any atom is 0.272 e. The minimum absolute atomic E-state index is 0.0510. The quantitative estimate of drug-likeness (QED) is 0.908. The highest BCUT2D eigenvalue weighted by atomic mass is 16.2. The van der Waals surface area contributed by atoms with Gasteiger partial charge < -0.3 is 10.2 Å². The number of nitrogens with zero attached hydrogens (tertiary/aromatic N) is 3. The van der Waals surface area contributed by atoms with Crippen LogP contribution >= 0.6 is 0 Å². The van der Waals surface area contributed by atoms with Gasteiger partial charge in [0.25, 0.3) is 5.91 Å². The van der Waals surface area contributed by atoms with Gasteiger partial charge in [-0.25, -0.2) is 4.68 Å². The van der Waals surface area contributed by atoms with Crippen molar-refractivity contribution in [2.75, 3.05) is 13.6 Å². The molecule has 3 rings (SSSR count). The van der Waals surface area contributed by atoms with Crippen LogP contribution in [0.5, 0.6) is 0 Å². The molecule has 0 bridgehead atoms. The van der Waals surface area contributed by atoms with Crippen LogP contribution in [0.4, 0.5) is 0 Å². The topological polar surface area (TPSA) is 67.2 Å². The zero-order valence-corrected chi connectivity index (χ0v) is 11.7. The molecule has 2 amide bonds. The van der Waals surface area contributed by atoms with Gasteiger partial charge in [-0.15, -0.1) is 0 Å². The van der Waals surface area contributed by atoms with Crippen LogP contribution in [-0.2, 0) is 4.79 Å². The zero-order chi connectivity index (χ0) is 14.8. The third-order valence-corrected chi connectivity index (χ3v) is 3.52. The first-order valence-electron chi connectivity index (χ1n) is 6.79. The lowest BCUT2D eigenvalue weighted by Crippen LogP contribution is -2.36. The first-order valence-corrected chi connectivity index (χ1v) is 6.79. The van der Waals surface area contributed by atoms with Crippen LogP contribution in [0.15, 0.2) is 42.6 Å². The van der Waals surface area contributed by atoms with Gasteiger partial charge in [0.2, 0.25) is 5.91 Å². The van der Waals surface area contributed by atoms with E-state index in [-0.39, 0.29) is 17.9 Å². The fourth-order valence-electron chi connectivity index (χ4n) is 2.39. The highest BCUT2D eigenvalue weighted by molar-refractivity contribution is 5.93. The van der Waals surface area contributed by atoms with Crippen molar-refractivity contribution in [2.24, 2.45) is 0 Å². The Bertz CT molecular complexity index is 665. The molecule has 1 aromatic carbocycles. The van der Waals surface area contributed by atoms with Crippen LogP contribution in [0.3, 0.4) is 0 Å². The molecule has 1 aliphatic rings. The molecule has 0 saturated carbocycles. The van der Waals surface area contributed by atoms with Crippen molar-refractivity contribution in [1.29, 1.82) is 0 Å². The van der Waals surface area contributed by atoms with Gasteiger partial charge in [0, 0.05) is 26.2 Å². The number of likely N-dealkylation sites (tertiary alicyclic amines) is 1. The van der Waals surface area contributed by atoms with E-state index in [9.17, 15) is 9.59 Å². The molecule has 6 nitrogen and oxygen atoms in total. The third-order valence-electron chi connectivity index (χ3n) is 3.52. The second kappa shape index (κ2) is 5.40. The van der Waals surface area contributed by atoms with E-state index in [4.69, 9.17) is 0 Å². The van der Waals surface area contributed by atoms with Crippen LogP contribution in [0, 0.1) is 0 Å². The Kier molecular flexibility index (Phi) is 3.43. The number of para-hydroxylation sites is 1. The van der Waals surface area contributed by atoms with Crippen molar-refractivity contribution in [3.63, 3.8) is 0 Å². The van der Waals surface area contributed by atoms with E-state index in [1.807, 2.05) is 30.3 Å². The first kappa shape index (κ1) is 13.4. The number of hydrogen-bond donors (Lipinski definition) is 1. The van der Waals surface area contributed by atoms with Crippen molar-refractivity contribution in [1.82, 2.24) is 20.0 Å². The van der Waals surface area contributed by atoms with Gasteiger partial charge in [-0.3, -0.25) is 9.59 Å². The lowest BCUT2D eigenvalue weighted by molar-refractivity contribution is -0.126. The number of likely N-dealkylation sites (N-methyl/N-ethyl adjacent to an activating group) is 1. The van der Waals surface area contributed by atoms with Crippen LogP contribution < -0.4 is 5.32 Å². The van der Waals surface area contributed by atoms with E-state index >= 15 is 0 Å². The monoisotopic (exact) mass is 284 g/mol. The van der Waals surface area contributed by atoms with Crippen molar-refractivity contribution >= 4 is 11.8 Å². The second-order valence-electron chi connectivity index (χ2n) is 5.13. The summed E-state index contributed by atoms with van der Waals surface area (Å²) in [6, 6.07) is 11.1. The van der Waals surface area contributed by atoms with Crippen molar-refractivity contribution in [2.45, 2.75) is 12.5 Å². The molecule has 21 heavy (non-hydrogen) atoms. The molecule has 2 heterocycles. The molecule has 0 unspecified atom stereocenters. The van der Waals surface area contributed by atoms with Gasteiger partial charge in [-0.2, -0.15) is 5.10 Å². The fourth-order valence-corrected chi connectivity index (χ4v) is 2.39. The minimum atomic E-state index is -0.252. The lowest BCUT2D eigenvalue weighted by Gasteiger charge is -2.11. The summed E-state index contributed by atoms with van der Waals surface area (Å²) in [6.07, 6.45) is 2.10. The number of carbonyl (C=O) groups excluding carboxylic acids is 2. The third kappa shape index (κ3) is 2.79. The molecular weight excluding hydrogens is 268 g/mol. The van der Waals surface area contributed by atoms with Gasteiger partial charge in [-0.1, -0.05) is 18.2 Å². The molecule has 108 valence electrons. The smallest absolute Gasteiger partial charge is 0.272 e. The Labute approximate surface area is 122 Å². The average molecular weight is 284 g/mol. The minimum Gasteiger partial charge on any atom is -0.346 e. The summed E-state index contributed by atoms with van der Waals surface area (Å²) in [7, 11) is 1.73. The molecule has 1 aromatic heterocycles. The Balaban J connectivity index is 1.69. The Hall–Kier alpha value is -2.63. The normalized spacial score (nSPS) is 18.0. The van der Waals surface area contributed by atoms with Crippen LogP contribution in [0.2, 0.25) is 0 Å². The lowest BCUT2D eigenvalue weighted by atomic mass is 10.2.